The number of fused-ring (bicyclic) bond motifs is 1. The summed E-state index contributed by atoms with van der Waals surface area (Å²) in [6.07, 6.45) is 1.30. The molecule has 1 unspecified atom stereocenters. The average Bonchev–Trinajstić information content (AvgIpc) is 1.90. The van der Waals surface area contributed by atoms with Crippen molar-refractivity contribution < 1.29 is 0 Å². The lowest BCUT2D eigenvalue weighted by Crippen LogP contribution is -2.21. The molecule has 58 valence electrons. The van der Waals surface area contributed by atoms with Crippen LogP contribution in [0.3, 0.4) is 0 Å². The van der Waals surface area contributed by atoms with Gasteiger partial charge in [0.15, 0.2) is 0 Å². The van der Waals surface area contributed by atoms with Crippen LogP contribution in [0.4, 0.5) is 0 Å². The minimum absolute atomic E-state index is 0.810. The molecule has 0 spiro atoms. The molecule has 0 bridgehead atoms. The maximum absolute atomic E-state index is 2.31. The smallest absolute Gasteiger partial charge is 0.00956 e. The minimum atomic E-state index is 0.810. The predicted octanol–water partition coefficient (Wildman–Crippen LogP) is 2.98. The summed E-state index contributed by atoms with van der Waals surface area (Å²) in [6.45, 7) is 4.61. The number of benzene rings is 1. The van der Waals surface area contributed by atoms with Gasteiger partial charge in [-0.25, -0.2) is 0 Å². The van der Waals surface area contributed by atoms with Gasteiger partial charge >= 0.3 is 0 Å². The van der Waals surface area contributed by atoms with E-state index in [0.29, 0.717) is 0 Å². The van der Waals surface area contributed by atoms with Gasteiger partial charge in [0.25, 0.3) is 0 Å². The molecule has 0 heteroatoms. The standard InChI is InChI=1S/C11H14/c1-8(2)11-7-9-5-3-4-6-10(9)11/h3-6,8,11H,7H2,1-2H3. The molecule has 1 atom stereocenters. The van der Waals surface area contributed by atoms with E-state index in [1.54, 1.807) is 11.1 Å². The maximum Gasteiger partial charge on any atom is -0.00956 e. The molecular formula is C11H14. The highest BCUT2D eigenvalue weighted by molar-refractivity contribution is 5.40. The van der Waals surface area contributed by atoms with Gasteiger partial charge in [-0.2, -0.15) is 0 Å². The van der Waals surface area contributed by atoms with Gasteiger partial charge in [0.1, 0.15) is 0 Å². The van der Waals surface area contributed by atoms with Crippen molar-refractivity contribution in [3.8, 4) is 0 Å². The van der Waals surface area contributed by atoms with Gasteiger partial charge in [-0.05, 0) is 29.4 Å². The van der Waals surface area contributed by atoms with Crippen molar-refractivity contribution in [3.05, 3.63) is 35.4 Å². The summed E-state index contributed by atoms with van der Waals surface area (Å²) < 4.78 is 0. The Labute approximate surface area is 68.3 Å². The first-order valence-electron chi connectivity index (χ1n) is 4.37. The molecule has 0 aromatic heterocycles. The fourth-order valence-corrected chi connectivity index (χ4v) is 1.89. The Morgan fingerprint density at radius 3 is 2.64 bits per heavy atom. The number of hydrogen-bond donors (Lipinski definition) is 0. The van der Waals surface area contributed by atoms with Crippen molar-refractivity contribution in [1.29, 1.82) is 0 Å². The van der Waals surface area contributed by atoms with Gasteiger partial charge in [-0.1, -0.05) is 38.1 Å². The van der Waals surface area contributed by atoms with Crippen molar-refractivity contribution >= 4 is 0 Å². The van der Waals surface area contributed by atoms with Crippen LogP contribution in [-0.4, -0.2) is 0 Å². The van der Waals surface area contributed by atoms with Crippen LogP contribution in [0, 0.1) is 5.92 Å². The molecule has 0 radical (unpaired) electrons. The zero-order chi connectivity index (χ0) is 7.84. The lowest BCUT2D eigenvalue weighted by molar-refractivity contribution is 0.451. The van der Waals surface area contributed by atoms with E-state index in [1.807, 2.05) is 0 Å². The van der Waals surface area contributed by atoms with E-state index in [-0.39, 0.29) is 0 Å². The minimum Gasteiger partial charge on any atom is -0.0622 e. The number of hydrogen-bond acceptors (Lipinski definition) is 0. The molecular weight excluding hydrogens is 132 g/mol. The first kappa shape index (κ1) is 6.90. The van der Waals surface area contributed by atoms with Crippen LogP contribution in [0.15, 0.2) is 24.3 Å². The molecule has 1 aliphatic carbocycles. The molecule has 0 nitrogen and oxygen atoms in total. The van der Waals surface area contributed by atoms with Gasteiger partial charge in [0, 0.05) is 0 Å². The van der Waals surface area contributed by atoms with E-state index in [9.17, 15) is 0 Å². The van der Waals surface area contributed by atoms with Crippen LogP contribution >= 0.6 is 0 Å². The molecule has 0 saturated carbocycles. The molecule has 2 rings (SSSR count). The SMILES string of the molecule is CC(C)C1Cc2ccccc21. The van der Waals surface area contributed by atoms with Crippen LogP contribution in [0.2, 0.25) is 0 Å². The van der Waals surface area contributed by atoms with E-state index in [1.165, 1.54) is 6.42 Å². The monoisotopic (exact) mass is 146 g/mol. The van der Waals surface area contributed by atoms with Gasteiger partial charge in [-0.15, -0.1) is 0 Å². The van der Waals surface area contributed by atoms with Gasteiger partial charge < -0.3 is 0 Å². The second kappa shape index (κ2) is 2.37. The highest BCUT2D eigenvalue weighted by Gasteiger charge is 2.27. The maximum atomic E-state index is 2.31. The lowest BCUT2D eigenvalue weighted by Gasteiger charge is -2.33. The summed E-state index contributed by atoms with van der Waals surface area (Å²) in [5.41, 5.74) is 3.15. The summed E-state index contributed by atoms with van der Waals surface area (Å²) in [7, 11) is 0. The zero-order valence-electron chi connectivity index (χ0n) is 7.17. The molecule has 0 fully saturated rings. The third-order valence-corrected chi connectivity index (χ3v) is 2.70. The summed E-state index contributed by atoms with van der Waals surface area (Å²) in [4.78, 5) is 0. The molecule has 1 aromatic carbocycles. The lowest BCUT2D eigenvalue weighted by atomic mass is 9.72. The normalized spacial score (nSPS) is 21.2. The van der Waals surface area contributed by atoms with Gasteiger partial charge in [0.05, 0.1) is 0 Å². The molecule has 0 amide bonds. The zero-order valence-corrected chi connectivity index (χ0v) is 7.17. The Hall–Kier alpha value is -0.780. The highest BCUT2D eigenvalue weighted by Crippen LogP contribution is 2.39. The fourth-order valence-electron chi connectivity index (χ4n) is 1.89. The van der Waals surface area contributed by atoms with E-state index in [4.69, 9.17) is 0 Å². The average molecular weight is 146 g/mol. The Bertz CT molecular complexity index is 260. The van der Waals surface area contributed by atoms with E-state index in [0.717, 1.165) is 11.8 Å². The molecule has 1 aromatic rings. The summed E-state index contributed by atoms with van der Waals surface area (Å²) in [5.74, 6) is 1.65. The molecule has 0 saturated heterocycles. The summed E-state index contributed by atoms with van der Waals surface area (Å²) >= 11 is 0. The first-order valence-corrected chi connectivity index (χ1v) is 4.37. The highest BCUT2D eigenvalue weighted by atomic mass is 14.3. The Morgan fingerprint density at radius 2 is 2.00 bits per heavy atom. The van der Waals surface area contributed by atoms with Gasteiger partial charge in [0.2, 0.25) is 0 Å². The molecule has 0 heterocycles. The quantitative estimate of drug-likeness (QED) is 0.571. The van der Waals surface area contributed by atoms with Crippen molar-refractivity contribution in [1.82, 2.24) is 0 Å². The topological polar surface area (TPSA) is 0 Å². The van der Waals surface area contributed by atoms with Crippen LogP contribution in [0.5, 0.6) is 0 Å². The van der Waals surface area contributed by atoms with Crippen LogP contribution in [0.1, 0.15) is 30.9 Å². The molecule has 11 heavy (non-hydrogen) atoms. The van der Waals surface area contributed by atoms with Crippen molar-refractivity contribution in [3.63, 3.8) is 0 Å². The van der Waals surface area contributed by atoms with Crippen molar-refractivity contribution in [2.45, 2.75) is 26.2 Å². The van der Waals surface area contributed by atoms with E-state index in [2.05, 4.69) is 38.1 Å². The fraction of sp³-hybridized carbons (Fsp3) is 0.455. The molecule has 1 aliphatic rings. The van der Waals surface area contributed by atoms with Crippen LogP contribution < -0.4 is 0 Å². The second-order valence-electron chi connectivity index (χ2n) is 3.75. The molecule has 0 aliphatic heterocycles. The third-order valence-electron chi connectivity index (χ3n) is 2.70. The summed E-state index contributed by atoms with van der Waals surface area (Å²) in [6, 6.07) is 8.79. The first-order chi connectivity index (χ1) is 5.29. The Balaban J connectivity index is 2.29. The van der Waals surface area contributed by atoms with Crippen molar-refractivity contribution in [2.75, 3.05) is 0 Å². The van der Waals surface area contributed by atoms with Crippen molar-refractivity contribution in [2.24, 2.45) is 5.92 Å². The van der Waals surface area contributed by atoms with Gasteiger partial charge in [-0.3, -0.25) is 0 Å². The summed E-state index contributed by atoms with van der Waals surface area (Å²) in [5, 5.41) is 0. The van der Waals surface area contributed by atoms with Crippen LogP contribution in [0.25, 0.3) is 0 Å². The van der Waals surface area contributed by atoms with Crippen LogP contribution in [-0.2, 0) is 6.42 Å². The Kier molecular flexibility index (Phi) is 1.49. The molecule has 0 N–H and O–H groups in total. The third kappa shape index (κ3) is 0.973. The number of rotatable bonds is 1. The predicted molar refractivity (Wildman–Crippen MR) is 47.7 cm³/mol. The van der Waals surface area contributed by atoms with E-state index >= 15 is 0 Å². The second-order valence-corrected chi connectivity index (χ2v) is 3.75. The van der Waals surface area contributed by atoms with E-state index < -0.39 is 0 Å². The largest absolute Gasteiger partial charge is 0.0622 e. The Morgan fingerprint density at radius 1 is 1.27 bits per heavy atom.